The molecule has 24 heavy (non-hydrogen) atoms. The molecule has 3 aromatic rings. The summed E-state index contributed by atoms with van der Waals surface area (Å²) >= 11 is 1.62. The third kappa shape index (κ3) is 3.37. The summed E-state index contributed by atoms with van der Waals surface area (Å²) in [4.78, 5) is 6.80. The van der Waals surface area contributed by atoms with Gasteiger partial charge in [-0.15, -0.1) is 0 Å². The Kier molecular flexibility index (Phi) is 5.01. The summed E-state index contributed by atoms with van der Waals surface area (Å²) in [6, 6.07) is 8.04. The van der Waals surface area contributed by atoms with E-state index in [-0.39, 0.29) is 6.61 Å². The van der Waals surface area contributed by atoms with Crippen molar-refractivity contribution in [1.82, 2.24) is 14.8 Å². The Labute approximate surface area is 145 Å². The van der Waals surface area contributed by atoms with Crippen LogP contribution in [0.2, 0.25) is 0 Å². The van der Waals surface area contributed by atoms with Crippen LogP contribution in [0, 0.1) is 6.92 Å². The first kappa shape index (κ1) is 16.7. The van der Waals surface area contributed by atoms with Crippen LogP contribution in [0.4, 0.5) is 5.13 Å². The number of ether oxygens (including phenoxy) is 1. The standard InChI is InChI=1S/C17H22N4O2S/c1-4-23-14-7-5-6-13(10-14)11-21(8-9-22)17-18-16-15(24-17)12(2)19-20(16)3/h5-7,10,22H,4,8-9,11H2,1-3H3. The van der Waals surface area contributed by atoms with Gasteiger partial charge in [-0.3, -0.25) is 0 Å². The van der Waals surface area contributed by atoms with Crippen molar-refractivity contribution in [3.05, 3.63) is 35.5 Å². The van der Waals surface area contributed by atoms with Crippen LogP contribution in [0.3, 0.4) is 0 Å². The molecular weight excluding hydrogens is 324 g/mol. The van der Waals surface area contributed by atoms with Crippen molar-refractivity contribution in [2.45, 2.75) is 20.4 Å². The molecule has 2 aromatic heterocycles. The molecule has 6 nitrogen and oxygen atoms in total. The van der Waals surface area contributed by atoms with E-state index in [1.54, 1.807) is 16.0 Å². The van der Waals surface area contributed by atoms with Crippen LogP contribution in [-0.2, 0) is 13.6 Å². The number of aliphatic hydroxyl groups is 1. The summed E-state index contributed by atoms with van der Waals surface area (Å²) in [6.45, 7) is 5.90. The Hall–Kier alpha value is -2.12. The molecule has 0 saturated carbocycles. The summed E-state index contributed by atoms with van der Waals surface area (Å²) in [7, 11) is 1.90. The zero-order chi connectivity index (χ0) is 17.1. The van der Waals surface area contributed by atoms with Crippen molar-refractivity contribution in [3.8, 4) is 5.75 Å². The fourth-order valence-corrected chi connectivity index (χ4v) is 3.75. The van der Waals surface area contributed by atoms with E-state index >= 15 is 0 Å². The maximum absolute atomic E-state index is 9.44. The Bertz CT molecular complexity index is 793. The number of aliphatic hydroxyl groups excluding tert-OH is 1. The first-order chi connectivity index (χ1) is 11.6. The monoisotopic (exact) mass is 346 g/mol. The Morgan fingerprint density at radius 3 is 2.92 bits per heavy atom. The topological polar surface area (TPSA) is 63.4 Å². The number of nitrogens with zero attached hydrogens (tertiary/aromatic N) is 4. The van der Waals surface area contributed by atoms with Crippen molar-refractivity contribution in [2.24, 2.45) is 7.05 Å². The van der Waals surface area contributed by atoms with Crippen molar-refractivity contribution in [3.63, 3.8) is 0 Å². The van der Waals surface area contributed by atoms with Gasteiger partial charge in [0.15, 0.2) is 10.8 Å². The van der Waals surface area contributed by atoms with E-state index in [1.807, 2.05) is 39.1 Å². The summed E-state index contributed by atoms with van der Waals surface area (Å²) in [5, 5.41) is 14.7. The van der Waals surface area contributed by atoms with Gasteiger partial charge in [0.1, 0.15) is 5.75 Å². The zero-order valence-electron chi connectivity index (χ0n) is 14.2. The number of hydrogen-bond donors (Lipinski definition) is 1. The highest BCUT2D eigenvalue weighted by Gasteiger charge is 2.17. The van der Waals surface area contributed by atoms with Crippen molar-refractivity contribution in [2.75, 3.05) is 24.7 Å². The first-order valence-corrected chi connectivity index (χ1v) is 8.81. The molecule has 3 rings (SSSR count). The first-order valence-electron chi connectivity index (χ1n) is 8.00. The van der Waals surface area contributed by atoms with E-state index in [4.69, 9.17) is 9.72 Å². The van der Waals surface area contributed by atoms with Gasteiger partial charge in [-0.1, -0.05) is 23.5 Å². The molecule has 0 radical (unpaired) electrons. The largest absolute Gasteiger partial charge is 0.494 e. The number of fused-ring (bicyclic) bond motifs is 1. The number of aromatic nitrogens is 3. The van der Waals surface area contributed by atoms with E-state index < -0.39 is 0 Å². The van der Waals surface area contributed by atoms with E-state index in [0.717, 1.165) is 32.5 Å². The highest BCUT2D eigenvalue weighted by atomic mass is 32.1. The van der Waals surface area contributed by atoms with E-state index in [9.17, 15) is 5.11 Å². The van der Waals surface area contributed by atoms with Crippen molar-refractivity contribution < 1.29 is 9.84 Å². The number of thiazole rings is 1. The van der Waals surface area contributed by atoms with Gasteiger partial charge in [0, 0.05) is 20.1 Å². The van der Waals surface area contributed by atoms with Crippen molar-refractivity contribution >= 4 is 26.8 Å². The second-order valence-electron chi connectivity index (χ2n) is 5.58. The quantitative estimate of drug-likeness (QED) is 0.713. The maximum Gasteiger partial charge on any atom is 0.188 e. The number of aryl methyl sites for hydroxylation is 2. The molecule has 0 aliphatic carbocycles. The number of rotatable bonds is 7. The van der Waals surface area contributed by atoms with Gasteiger partial charge < -0.3 is 14.7 Å². The molecule has 128 valence electrons. The van der Waals surface area contributed by atoms with Gasteiger partial charge in [0.2, 0.25) is 0 Å². The predicted molar refractivity (Wildman–Crippen MR) is 96.9 cm³/mol. The van der Waals surface area contributed by atoms with Gasteiger partial charge in [0.05, 0.1) is 23.6 Å². The van der Waals surface area contributed by atoms with Crippen LogP contribution in [0.5, 0.6) is 5.75 Å². The van der Waals surface area contributed by atoms with Crippen LogP contribution >= 0.6 is 11.3 Å². The van der Waals surface area contributed by atoms with Crippen LogP contribution in [0.1, 0.15) is 18.2 Å². The lowest BCUT2D eigenvalue weighted by molar-refractivity contribution is 0.301. The smallest absolute Gasteiger partial charge is 0.188 e. The lowest BCUT2D eigenvalue weighted by Gasteiger charge is -2.21. The highest BCUT2D eigenvalue weighted by molar-refractivity contribution is 7.22. The Balaban J connectivity index is 1.88. The molecule has 0 spiro atoms. The Morgan fingerprint density at radius 1 is 1.38 bits per heavy atom. The molecule has 0 amide bonds. The predicted octanol–water partition coefficient (Wildman–Crippen LogP) is 2.74. The Morgan fingerprint density at radius 2 is 2.21 bits per heavy atom. The molecule has 1 aromatic carbocycles. The SMILES string of the molecule is CCOc1cccc(CN(CCO)c2nc3c(s2)c(C)nn3C)c1. The van der Waals surface area contributed by atoms with Crippen LogP contribution in [0.25, 0.3) is 10.3 Å². The molecule has 2 heterocycles. The van der Waals surface area contributed by atoms with Crippen LogP contribution in [-0.4, -0.2) is 39.6 Å². The van der Waals surface area contributed by atoms with Gasteiger partial charge in [-0.2, -0.15) is 5.10 Å². The molecule has 0 saturated heterocycles. The van der Waals surface area contributed by atoms with Gasteiger partial charge in [-0.25, -0.2) is 9.67 Å². The molecule has 0 aliphatic heterocycles. The molecule has 0 fully saturated rings. The van der Waals surface area contributed by atoms with Crippen LogP contribution in [0.15, 0.2) is 24.3 Å². The second kappa shape index (κ2) is 7.19. The number of hydrogen-bond acceptors (Lipinski definition) is 6. The average molecular weight is 346 g/mol. The van der Waals surface area contributed by atoms with Gasteiger partial charge in [0.25, 0.3) is 0 Å². The molecular formula is C17H22N4O2S. The number of benzene rings is 1. The normalized spacial score (nSPS) is 11.2. The summed E-state index contributed by atoms with van der Waals surface area (Å²) in [6.07, 6.45) is 0. The third-order valence-corrected chi connectivity index (χ3v) is 4.97. The van der Waals surface area contributed by atoms with Crippen LogP contribution < -0.4 is 9.64 Å². The molecule has 0 unspecified atom stereocenters. The zero-order valence-corrected chi connectivity index (χ0v) is 15.0. The summed E-state index contributed by atoms with van der Waals surface area (Å²) < 4.78 is 8.47. The lowest BCUT2D eigenvalue weighted by atomic mass is 10.2. The van der Waals surface area contributed by atoms with Gasteiger partial charge >= 0.3 is 0 Å². The summed E-state index contributed by atoms with van der Waals surface area (Å²) in [5.41, 5.74) is 3.00. The minimum absolute atomic E-state index is 0.0817. The highest BCUT2D eigenvalue weighted by Crippen LogP contribution is 2.31. The molecule has 0 aliphatic rings. The fraction of sp³-hybridized carbons (Fsp3) is 0.412. The van der Waals surface area contributed by atoms with E-state index in [1.165, 1.54) is 0 Å². The number of anilines is 1. The average Bonchev–Trinajstić information content (AvgIpc) is 3.10. The minimum atomic E-state index is 0.0817. The molecule has 7 heteroatoms. The fourth-order valence-electron chi connectivity index (χ4n) is 2.69. The second-order valence-corrected chi connectivity index (χ2v) is 6.56. The molecule has 1 N–H and O–H groups in total. The summed E-state index contributed by atoms with van der Waals surface area (Å²) in [5.74, 6) is 0.864. The van der Waals surface area contributed by atoms with Crippen molar-refractivity contribution in [1.29, 1.82) is 0 Å². The van der Waals surface area contributed by atoms with E-state index in [2.05, 4.69) is 16.1 Å². The molecule has 0 bridgehead atoms. The van der Waals surface area contributed by atoms with Gasteiger partial charge in [-0.05, 0) is 31.5 Å². The minimum Gasteiger partial charge on any atom is -0.494 e. The van der Waals surface area contributed by atoms with E-state index in [0.29, 0.717) is 19.7 Å². The maximum atomic E-state index is 9.44. The molecule has 0 atom stereocenters. The lowest BCUT2D eigenvalue weighted by Crippen LogP contribution is -2.26. The third-order valence-electron chi connectivity index (χ3n) is 3.76.